The minimum atomic E-state index is -2.84. The van der Waals surface area contributed by atoms with Crippen LogP contribution in [0.1, 0.15) is 0 Å². The highest BCUT2D eigenvalue weighted by Crippen LogP contribution is 2.40. The van der Waals surface area contributed by atoms with Crippen molar-refractivity contribution < 1.29 is 0 Å². The van der Waals surface area contributed by atoms with Gasteiger partial charge in [0.25, 0.3) is 0 Å². The summed E-state index contributed by atoms with van der Waals surface area (Å²) in [4.78, 5) is 0. The summed E-state index contributed by atoms with van der Waals surface area (Å²) in [5, 5.41) is 12.8. The number of nitrogens with zero attached hydrogens (tertiary/aromatic N) is 3. The minimum Gasteiger partial charge on any atom is -0.309 e. The molecule has 0 atom stereocenters. The summed E-state index contributed by atoms with van der Waals surface area (Å²) in [7, 11) is -2.84. The van der Waals surface area contributed by atoms with Crippen LogP contribution in [0.25, 0.3) is 93.6 Å². The summed E-state index contributed by atoms with van der Waals surface area (Å²) in [6.45, 7) is 0. The molecule has 0 unspecified atom stereocenters. The monoisotopic (exact) mass is 907 g/mol. The summed E-state index contributed by atoms with van der Waals surface area (Å²) in [6.07, 6.45) is 0. The van der Waals surface area contributed by atoms with E-state index in [-0.39, 0.29) is 0 Å². The molecule has 0 aliphatic heterocycles. The van der Waals surface area contributed by atoms with E-state index in [1.54, 1.807) is 0 Å². The third kappa shape index (κ3) is 6.07. The third-order valence-electron chi connectivity index (χ3n) is 14.8. The van der Waals surface area contributed by atoms with Crippen molar-refractivity contribution in [1.29, 1.82) is 0 Å². The molecule has 14 aromatic rings. The zero-order chi connectivity index (χ0) is 46.2. The van der Waals surface area contributed by atoms with Gasteiger partial charge in [0.05, 0.1) is 33.1 Å². The molecule has 0 radical (unpaired) electrons. The Bertz CT molecular complexity index is 4130. The van der Waals surface area contributed by atoms with Crippen molar-refractivity contribution in [3.05, 3.63) is 273 Å². The van der Waals surface area contributed by atoms with Gasteiger partial charge in [0.2, 0.25) is 0 Å². The van der Waals surface area contributed by atoms with Gasteiger partial charge in [-0.25, -0.2) is 0 Å². The lowest BCUT2D eigenvalue weighted by atomic mass is 10.1. The van der Waals surface area contributed by atoms with Crippen LogP contribution in [0.15, 0.2) is 273 Å². The largest absolute Gasteiger partial charge is 0.309 e. The molecular formula is C66H45N3Si. The van der Waals surface area contributed by atoms with Crippen LogP contribution >= 0.6 is 0 Å². The van der Waals surface area contributed by atoms with Crippen LogP contribution in [0.2, 0.25) is 0 Å². The standard InChI is InChI=1S/C66H45N3Si/c1-5-20-46(21-6-1)47-22-19-23-48(42-47)68-63-35-18-15-32-57(63)58-39-36-50(44-65(58)68)69-64-41-38-54(70(51-24-7-2-8-25-51,52-26-9-3-10-27-52)53-28-11-4-12-29-53)45-60(64)59-40-37-49(43-66(59)69)67-61-33-16-13-30-55(61)56-31-14-17-34-62(56)67/h1-45H. The van der Waals surface area contributed by atoms with E-state index in [1.165, 1.54) is 86.3 Å². The van der Waals surface area contributed by atoms with Gasteiger partial charge >= 0.3 is 0 Å². The lowest BCUT2D eigenvalue weighted by molar-refractivity contribution is 1.14. The second-order valence-corrected chi connectivity index (χ2v) is 22.3. The SMILES string of the molecule is c1ccc(-c2cccc(-n3c4ccccc4c4ccc(-n5c6ccc([Si](c7ccccc7)(c7ccccc7)c7ccccc7)cc6c6ccc(-n7c8ccccc8c8ccccc87)cc65)cc43)c2)cc1. The summed E-state index contributed by atoms with van der Waals surface area (Å²) in [5.41, 5.74) is 12.8. The highest BCUT2D eigenvalue weighted by atomic mass is 28.3. The second kappa shape index (κ2) is 16.1. The molecule has 0 N–H and O–H groups in total. The molecule has 328 valence electrons. The lowest BCUT2D eigenvalue weighted by Gasteiger charge is -2.34. The molecule has 0 fully saturated rings. The Morgan fingerprint density at radius 3 is 1.07 bits per heavy atom. The van der Waals surface area contributed by atoms with Crippen molar-refractivity contribution >= 4 is 94.2 Å². The maximum absolute atomic E-state index is 2.84. The number of benzene rings is 11. The van der Waals surface area contributed by atoms with Crippen molar-refractivity contribution in [2.45, 2.75) is 0 Å². The molecule has 14 rings (SSSR count). The van der Waals surface area contributed by atoms with E-state index in [0.717, 1.165) is 28.1 Å². The van der Waals surface area contributed by atoms with E-state index in [1.807, 2.05) is 0 Å². The molecule has 4 heteroatoms. The van der Waals surface area contributed by atoms with Crippen molar-refractivity contribution in [3.8, 4) is 28.2 Å². The van der Waals surface area contributed by atoms with Gasteiger partial charge in [0.1, 0.15) is 0 Å². The molecule has 0 spiro atoms. The highest BCUT2D eigenvalue weighted by Gasteiger charge is 2.41. The molecule has 0 saturated heterocycles. The first kappa shape index (κ1) is 40.1. The molecule has 0 aliphatic rings. The van der Waals surface area contributed by atoms with Crippen LogP contribution in [0.4, 0.5) is 0 Å². The maximum atomic E-state index is 2.54. The van der Waals surface area contributed by atoms with Gasteiger partial charge in [-0.3, -0.25) is 0 Å². The zero-order valence-corrected chi connectivity index (χ0v) is 39.3. The average molecular weight is 908 g/mol. The first-order valence-electron chi connectivity index (χ1n) is 24.2. The zero-order valence-electron chi connectivity index (χ0n) is 38.3. The minimum absolute atomic E-state index is 1.11. The van der Waals surface area contributed by atoms with E-state index in [2.05, 4.69) is 287 Å². The number of fused-ring (bicyclic) bond motifs is 9. The molecule has 11 aromatic carbocycles. The quantitative estimate of drug-likeness (QED) is 0.107. The summed E-state index contributed by atoms with van der Waals surface area (Å²) < 4.78 is 7.41. The molecule has 0 bridgehead atoms. The van der Waals surface area contributed by atoms with Crippen LogP contribution in [-0.4, -0.2) is 21.8 Å². The van der Waals surface area contributed by atoms with Gasteiger partial charge in [0.15, 0.2) is 8.07 Å². The summed E-state index contributed by atoms with van der Waals surface area (Å²) in [5.74, 6) is 0. The van der Waals surface area contributed by atoms with Gasteiger partial charge in [0, 0.05) is 49.4 Å². The van der Waals surface area contributed by atoms with E-state index < -0.39 is 8.07 Å². The summed E-state index contributed by atoms with van der Waals surface area (Å²) >= 11 is 0. The Kier molecular flexibility index (Phi) is 9.23. The highest BCUT2D eigenvalue weighted by molar-refractivity contribution is 7.20. The van der Waals surface area contributed by atoms with Crippen molar-refractivity contribution in [2.24, 2.45) is 0 Å². The smallest absolute Gasteiger partial charge is 0.179 e. The second-order valence-electron chi connectivity index (χ2n) is 18.5. The van der Waals surface area contributed by atoms with Crippen LogP contribution in [0.3, 0.4) is 0 Å². The Hall–Kier alpha value is -8.96. The lowest BCUT2D eigenvalue weighted by Crippen LogP contribution is -2.74. The molecule has 3 aromatic heterocycles. The Morgan fingerprint density at radius 2 is 0.571 bits per heavy atom. The van der Waals surface area contributed by atoms with Gasteiger partial charge in [-0.2, -0.15) is 0 Å². The van der Waals surface area contributed by atoms with Crippen molar-refractivity contribution in [2.75, 3.05) is 0 Å². The van der Waals surface area contributed by atoms with Crippen LogP contribution in [0, 0.1) is 0 Å². The predicted octanol–water partition coefficient (Wildman–Crippen LogP) is 14.0. The maximum Gasteiger partial charge on any atom is 0.179 e. The number of rotatable bonds is 8. The number of hydrogen-bond donors (Lipinski definition) is 0. The molecule has 0 saturated carbocycles. The van der Waals surface area contributed by atoms with E-state index >= 15 is 0 Å². The van der Waals surface area contributed by atoms with Gasteiger partial charge in [-0.05, 0) is 92.5 Å². The Labute approximate surface area is 407 Å². The average Bonchev–Trinajstić information content (AvgIpc) is 4.07. The number of para-hydroxylation sites is 3. The van der Waals surface area contributed by atoms with E-state index in [4.69, 9.17) is 0 Å². The van der Waals surface area contributed by atoms with Gasteiger partial charge < -0.3 is 13.7 Å². The van der Waals surface area contributed by atoms with Crippen molar-refractivity contribution in [3.63, 3.8) is 0 Å². The third-order valence-corrected chi connectivity index (χ3v) is 19.5. The molecule has 3 heterocycles. The first-order valence-corrected chi connectivity index (χ1v) is 26.2. The Balaban J connectivity index is 1.07. The number of hydrogen-bond acceptors (Lipinski definition) is 0. The first-order chi connectivity index (χ1) is 34.7. The van der Waals surface area contributed by atoms with Crippen LogP contribution < -0.4 is 20.7 Å². The topological polar surface area (TPSA) is 14.8 Å². The fraction of sp³-hybridized carbons (Fsp3) is 0. The number of aromatic nitrogens is 3. The molecule has 3 nitrogen and oxygen atoms in total. The fourth-order valence-electron chi connectivity index (χ4n) is 11.8. The van der Waals surface area contributed by atoms with Gasteiger partial charge in [-0.15, -0.1) is 0 Å². The molecule has 0 amide bonds. The fourth-order valence-corrected chi connectivity index (χ4v) is 16.5. The van der Waals surface area contributed by atoms with Gasteiger partial charge in [-0.1, -0.05) is 212 Å². The van der Waals surface area contributed by atoms with Crippen molar-refractivity contribution in [1.82, 2.24) is 13.7 Å². The predicted molar refractivity (Wildman–Crippen MR) is 299 cm³/mol. The van der Waals surface area contributed by atoms with Crippen LogP contribution in [0.5, 0.6) is 0 Å². The van der Waals surface area contributed by atoms with E-state index in [9.17, 15) is 0 Å². The normalized spacial score (nSPS) is 12.0. The molecule has 70 heavy (non-hydrogen) atoms. The molecule has 0 aliphatic carbocycles. The van der Waals surface area contributed by atoms with E-state index in [0.29, 0.717) is 0 Å². The summed E-state index contributed by atoms with van der Waals surface area (Å²) in [6, 6.07) is 101. The Morgan fingerprint density at radius 1 is 0.200 bits per heavy atom. The molecular weight excluding hydrogens is 863 g/mol. The van der Waals surface area contributed by atoms with Crippen LogP contribution in [-0.2, 0) is 0 Å².